The molecular weight excluding hydrogens is 206 g/mol. The molecule has 0 aliphatic carbocycles. The van der Waals surface area contributed by atoms with Crippen molar-refractivity contribution in [2.24, 2.45) is 5.73 Å². The molecule has 0 radical (unpaired) electrons. The van der Waals surface area contributed by atoms with Gasteiger partial charge >= 0.3 is 6.03 Å². The van der Waals surface area contributed by atoms with E-state index in [1.54, 1.807) is 19.1 Å². The van der Waals surface area contributed by atoms with E-state index in [1.807, 2.05) is 18.2 Å². The smallest absolute Gasteiger partial charge is 0.319 e. The Morgan fingerprint density at radius 3 is 2.62 bits per heavy atom. The van der Waals surface area contributed by atoms with E-state index in [2.05, 4.69) is 10.6 Å². The number of para-hydroxylation sites is 1. The van der Waals surface area contributed by atoms with Gasteiger partial charge in [0, 0.05) is 18.3 Å². The standard InChI is InChI=1S/C11H17N3O2/c1-8(15)10(12)7-13-11(16)14-9-5-3-2-4-6-9/h2-6,8,10,15H,7,12H2,1H3,(H2,13,14,16). The van der Waals surface area contributed by atoms with Crippen molar-refractivity contribution in [3.63, 3.8) is 0 Å². The molecule has 5 heteroatoms. The average Bonchev–Trinajstić information content (AvgIpc) is 2.27. The lowest BCUT2D eigenvalue weighted by Crippen LogP contribution is -2.44. The van der Waals surface area contributed by atoms with Crippen molar-refractivity contribution in [3.8, 4) is 0 Å². The van der Waals surface area contributed by atoms with Gasteiger partial charge < -0.3 is 21.5 Å². The highest BCUT2D eigenvalue weighted by molar-refractivity contribution is 5.89. The van der Waals surface area contributed by atoms with Crippen LogP contribution < -0.4 is 16.4 Å². The highest BCUT2D eigenvalue weighted by atomic mass is 16.3. The second-order valence-electron chi connectivity index (χ2n) is 3.61. The topological polar surface area (TPSA) is 87.4 Å². The minimum absolute atomic E-state index is 0.232. The molecule has 0 fully saturated rings. The van der Waals surface area contributed by atoms with Crippen LogP contribution in [0.25, 0.3) is 0 Å². The lowest BCUT2D eigenvalue weighted by Gasteiger charge is -2.15. The number of hydrogen-bond donors (Lipinski definition) is 4. The largest absolute Gasteiger partial charge is 0.392 e. The molecule has 0 aliphatic heterocycles. The van der Waals surface area contributed by atoms with E-state index in [1.165, 1.54) is 0 Å². The number of carbonyl (C=O) groups is 1. The van der Waals surface area contributed by atoms with Crippen LogP contribution >= 0.6 is 0 Å². The fraction of sp³-hybridized carbons (Fsp3) is 0.364. The number of aliphatic hydroxyl groups excluding tert-OH is 1. The van der Waals surface area contributed by atoms with Crippen LogP contribution in [0, 0.1) is 0 Å². The van der Waals surface area contributed by atoms with E-state index in [4.69, 9.17) is 10.8 Å². The van der Waals surface area contributed by atoms with Crippen molar-refractivity contribution in [3.05, 3.63) is 30.3 Å². The summed E-state index contributed by atoms with van der Waals surface area (Å²) < 4.78 is 0. The van der Waals surface area contributed by atoms with E-state index in [-0.39, 0.29) is 12.6 Å². The predicted molar refractivity (Wildman–Crippen MR) is 63.1 cm³/mol. The first kappa shape index (κ1) is 12.5. The summed E-state index contributed by atoms with van der Waals surface area (Å²) in [6.07, 6.45) is -0.642. The predicted octanol–water partition coefficient (Wildman–Crippen LogP) is 0.516. The molecule has 0 aromatic heterocycles. The van der Waals surface area contributed by atoms with Gasteiger partial charge in [0.15, 0.2) is 0 Å². The Morgan fingerprint density at radius 2 is 2.06 bits per heavy atom. The Bertz CT molecular complexity index is 327. The van der Waals surface area contributed by atoms with E-state index in [9.17, 15) is 4.79 Å². The zero-order chi connectivity index (χ0) is 12.0. The van der Waals surface area contributed by atoms with Crippen LogP contribution in [-0.4, -0.2) is 29.8 Å². The molecule has 5 nitrogen and oxygen atoms in total. The van der Waals surface area contributed by atoms with Crippen LogP contribution in [0.3, 0.4) is 0 Å². The fourth-order valence-corrected chi connectivity index (χ4v) is 1.08. The molecule has 0 heterocycles. The van der Waals surface area contributed by atoms with Crippen LogP contribution in [0.1, 0.15) is 6.92 Å². The lowest BCUT2D eigenvalue weighted by molar-refractivity contribution is 0.162. The Labute approximate surface area is 94.7 Å². The first-order valence-electron chi connectivity index (χ1n) is 5.13. The van der Waals surface area contributed by atoms with E-state index in [0.717, 1.165) is 0 Å². The van der Waals surface area contributed by atoms with Crippen LogP contribution in [0.15, 0.2) is 30.3 Å². The quantitative estimate of drug-likeness (QED) is 0.600. The van der Waals surface area contributed by atoms with Gasteiger partial charge in [0.1, 0.15) is 0 Å². The number of nitrogens with two attached hydrogens (primary N) is 1. The van der Waals surface area contributed by atoms with Gasteiger partial charge in [-0.15, -0.1) is 0 Å². The number of anilines is 1. The molecule has 5 N–H and O–H groups in total. The molecule has 88 valence electrons. The number of hydrogen-bond acceptors (Lipinski definition) is 3. The third-order valence-corrected chi connectivity index (χ3v) is 2.15. The number of aliphatic hydroxyl groups is 1. The van der Waals surface area contributed by atoms with Crippen LogP contribution in [0.2, 0.25) is 0 Å². The molecule has 1 rings (SSSR count). The number of nitrogens with one attached hydrogen (secondary N) is 2. The first-order valence-corrected chi connectivity index (χ1v) is 5.13. The number of amides is 2. The van der Waals surface area contributed by atoms with Gasteiger partial charge in [-0.25, -0.2) is 4.79 Å². The molecule has 0 spiro atoms. The van der Waals surface area contributed by atoms with Gasteiger partial charge in [-0.05, 0) is 19.1 Å². The van der Waals surface area contributed by atoms with Crippen LogP contribution in [0.5, 0.6) is 0 Å². The molecule has 2 amide bonds. The minimum Gasteiger partial charge on any atom is -0.392 e. The molecule has 16 heavy (non-hydrogen) atoms. The molecule has 0 saturated carbocycles. The number of carbonyl (C=O) groups excluding carboxylic acids is 1. The van der Waals surface area contributed by atoms with Crippen LogP contribution in [0.4, 0.5) is 10.5 Å². The molecule has 1 aromatic rings. The lowest BCUT2D eigenvalue weighted by atomic mass is 10.2. The highest BCUT2D eigenvalue weighted by Crippen LogP contribution is 2.03. The summed E-state index contributed by atoms with van der Waals surface area (Å²) in [5.74, 6) is 0. The molecule has 0 bridgehead atoms. The Balaban J connectivity index is 2.32. The summed E-state index contributed by atoms with van der Waals surface area (Å²) in [5.41, 5.74) is 6.28. The maximum Gasteiger partial charge on any atom is 0.319 e. The Hall–Kier alpha value is -1.59. The molecule has 2 unspecified atom stereocenters. The van der Waals surface area contributed by atoms with Crippen molar-refractivity contribution in [1.82, 2.24) is 5.32 Å². The summed E-state index contributed by atoms with van der Waals surface area (Å²) in [6, 6.07) is 8.31. The zero-order valence-electron chi connectivity index (χ0n) is 9.18. The van der Waals surface area contributed by atoms with E-state index >= 15 is 0 Å². The van der Waals surface area contributed by atoms with Gasteiger partial charge in [0.05, 0.1) is 6.10 Å². The maximum atomic E-state index is 11.4. The highest BCUT2D eigenvalue weighted by Gasteiger charge is 2.10. The summed E-state index contributed by atoms with van der Waals surface area (Å²) in [7, 11) is 0. The van der Waals surface area contributed by atoms with Crippen LogP contribution in [-0.2, 0) is 0 Å². The second kappa shape index (κ2) is 6.09. The summed E-state index contributed by atoms with van der Waals surface area (Å²) in [5, 5.41) is 14.4. The fourth-order valence-electron chi connectivity index (χ4n) is 1.08. The number of rotatable bonds is 4. The summed E-state index contributed by atoms with van der Waals surface area (Å²) >= 11 is 0. The minimum atomic E-state index is -0.642. The number of benzene rings is 1. The Morgan fingerprint density at radius 1 is 1.44 bits per heavy atom. The molecule has 0 saturated heterocycles. The van der Waals surface area contributed by atoms with Crippen molar-refractivity contribution in [2.75, 3.05) is 11.9 Å². The van der Waals surface area contributed by atoms with Gasteiger partial charge in [-0.2, -0.15) is 0 Å². The maximum absolute atomic E-state index is 11.4. The van der Waals surface area contributed by atoms with Gasteiger partial charge in [-0.1, -0.05) is 18.2 Å². The average molecular weight is 223 g/mol. The zero-order valence-corrected chi connectivity index (χ0v) is 9.18. The van der Waals surface area contributed by atoms with Crippen molar-refractivity contribution < 1.29 is 9.90 Å². The van der Waals surface area contributed by atoms with Gasteiger partial charge in [0.25, 0.3) is 0 Å². The molecular formula is C11H17N3O2. The number of urea groups is 1. The van der Waals surface area contributed by atoms with Gasteiger partial charge in [-0.3, -0.25) is 0 Å². The van der Waals surface area contributed by atoms with Crippen molar-refractivity contribution in [1.29, 1.82) is 0 Å². The van der Waals surface area contributed by atoms with Crippen molar-refractivity contribution >= 4 is 11.7 Å². The second-order valence-corrected chi connectivity index (χ2v) is 3.61. The third-order valence-electron chi connectivity index (χ3n) is 2.15. The van der Waals surface area contributed by atoms with Crippen molar-refractivity contribution in [2.45, 2.75) is 19.1 Å². The van der Waals surface area contributed by atoms with E-state index < -0.39 is 12.1 Å². The monoisotopic (exact) mass is 223 g/mol. The summed E-state index contributed by atoms with van der Waals surface area (Å²) in [4.78, 5) is 11.4. The van der Waals surface area contributed by atoms with E-state index in [0.29, 0.717) is 5.69 Å². The summed E-state index contributed by atoms with van der Waals surface area (Å²) in [6.45, 7) is 1.82. The van der Waals surface area contributed by atoms with Gasteiger partial charge in [0.2, 0.25) is 0 Å². The third kappa shape index (κ3) is 4.29. The molecule has 1 aromatic carbocycles. The molecule has 2 atom stereocenters. The molecule has 0 aliphatic rings. The SMILES string of the molecule is CC(O)C(N)CNC(=O)Nc1ccccc1. The first-order chi connectivity index (χ1) is 7.59. The Kier molecular flexibility index (Phi) is 4.75. The normalized spacial score (nSPS) is 13.9.